The van der Waals surface area contributed by atoms with Crippen LogP contribution < -0.4 is 10.6 Å². The average Bonchev–Trinajstić information content (AvgIpc) is 2.42. The minimum atomic E-state index is -0.319. The number of aromatic nitrogens is 1. The van der Waals surface area contributed by atoms with Crippen molar-refractivity contribution in [3.63, 3.8) is 0 Å². The lowest BCUT2D eigenvalue weighted by atomic mass is 10.2. The molecule has 0 unspecified atom stereocenters. The standard InChI is InChI=1S/C13H17N3O2/c1-3-8-14-12(17)10-6-5-7-11(16-10)13(18)15-9-4-2/h3,5-7H,1,4,8-9H2,2H3,(H,14,17)(H,15,18). The Morgan fingerprint density at radius 2 is 1.89 bits per heavy atom. The Balaban J connectivity index is 2.75. The van der Waals surface area contributed by atoms with E-state index in [1.807, 2.05) is 6.92 Å². The minimum absolute atomic E-state index is 0.223. The molecule has 0 fully saturated rings. The van der Waals surface area contributed by atoms with Crippen LogP contribution in [0.25, 0.3) is 0 Å². The molecule has 0 aliphatic heterocycles. The molecule has 1 rings (SSSR count). The highest BCUT2D eigenvalue weighted by atomic mass is 16.2. The number of hydrogen-bond acceptors (Lipinski definition) is 3. The van der Waals surface area contributed by atoms with E-state index in [1.54, 1.807) is 24.3 Å². The molecule has 5 nitrogen and oxygen atoms in total. The summed E-state index contributed by atoms with van der Waals surface area (Å²) in [5.41, 5.74) is 0.468. The van der Waals surface area contributed by atoms with Crippen molar-refractivity contribution in [1.82, 2.24) is 15.6 Å². The van der Waals surface area contributed by atoms with E-state index < -0.39 is 0 Å². The summed E-state index contributed by atoms with van der Waals surface area (Å²) in [5, 5.41) is 5.32. The molecule has 1 aromatic rings. The molecule has 1 heterocycles. The van der Waals surface area contributed by atoms with Crippen molar-refractivity contribution in [2.24, 2.45) is 0 Å². The zero-order chi connectivity index (χ0) is 13.4. The second-order valence-corrected chi connectivity index (χ2v) is 3.66. The molecule has 18 heavy (non-hydrogen) atoms. The Morgan fingerprint density at radius 3 is 2.44 bits per heavy atom. The molecule has 5 heteroatoms. The van der Waals surface area contributed by atoms with Crippen LogP contribution in [-0.2, 0) is 0 Å². The van der Waals surface area contributed by atoms with Gasteiger partial charge < -0.3 is 10.6 Å². The van der Waals surface area contributed by atoms with E-state index in [-0.39, 0.29) is 23.2 Å². The summed E-state index contributed by atoms with van der Waals surface area (Å²) in [7, 11) is 0. The van der Waals surface area contributed by atoms with Gasteiger partial charge in [0.05, 0.1) is 0 Å². The molecule has 96 valence electrons. The van der Waals surface area contributed by atoms with Crippen LogP contribution in [0.5, 0.6) is 0 Å². The second kappa shape index (κ2) is 7.21. The smallest absolute Gasteiger partial charge is 0.270 e. The number of nitrogens with zero attached hydrogens (tertiary/aromatic N) is 1. The Hall–Kier alpha value is -2.17. The molecule has 0 atom stereocenters. The summed E-state index contributed by atoms with van der Waals surface area (Å²) < 4.78 is 0. The third-order valence-corrected chi connectivity index (χ3v) is 2.16. The summed E-state index contributed by atoms with van der Waals surface area (Å²) >= 11 is 0. The fraction of sp³-hybridized carbons (Fsp3) is 0.308. The van der Waals surface area contributed by atoms with Gasteiger partial charge >= 0.3 is 0 Å². The van der Waals surface area contributed by atoms with Crippen LogP contribution in [0.3, 0.4) is 0 Å². The van der Waals surface area contributed by atoms with Gasteiger partial charge in [-0.15, -0.1) is 6.58 Å². The fourth-order valence-corrected chi connectivity index (χ4v) is 1.27. The van der Waals surface area contributed by atoms with Gasteiger partial charge in [-0.1, -0.05) is 19.1 Å². The molecule has 0 bridgehead atoms. The van der Waals surface area contributed by atoms with Gasteiger partial charge in [0.2, 0.25) is 0 Å². The lowest BCUT2D eigenvalue weighted by Crippen LogP contribution is -2.28. The highest BCUT2D eigenvalue weighted by Crippen LogP contribution is 2.00. The van der Waals surface area contributed by atoms with Crippen molar-refractivity contribution in [3.8, 4) is 0 Å². The number of nitrogens with one attached hydrogen (secondary N) is 2. The zero-order valence-corrected chi connectivity index (χ0v) is 10.4. The Bertz CT molecular complexity index is 444. The van der Waals surface area contributed by atoms with E-state index in [9.17, 15) is 9.59 Å². The molecule has 2 amide bonds. The van der Waals surface area contributed by atoms with E-state index in [1.165, 1.54) is 0 Å². The number of rotatable bonds is 6. The second-order valence-electron chi connectivity index (χ2n) is 3.66. The molecule has 0 aliphatic carbocycles. The van der Waals surface area contributed by atoms with Gasteiger partial charge in [-0.25, -0.2) is 4.98 Å². The van der Waals surface area contributed by atoms with Crippen LogP contribution in [-0.4, -0.2) is 29.9 Å². The van der Waals surface area contributed by atoms with Gasteiger partial charge in [0.1, 0.15) is 11.4 Å². The number of pyridine rings is 1. The van der Waals surface area contributed by atoms with Gasteiger partial charge in [-0.3, -0.25) is 9.59 Å². The van der Waals surface area contributed by atoms with Crippen LogP contribution in [0.15, 0.2) is 30.9 Å². The molecule has 0 aromatic carbocycles. The molecular weight excluding hydrogens is 230 g/mol. The first-order chi connectivity index (χ1) is 8.69. The summed E-state index contributed by atoms with van der Waals surface area (Å²) in [5.74, 6) is -0.588. The molecular formula is C13H17N3O2. The van der Waals surface area contributed by atoms with E-state index in [0.717, 1.165) is 6.42 Å². The third-order valence-electron chi connectivity index (χ3n) is 2.16. The molecule has 0 spiro atoms. The summed E-state index contributed by atoms with van der Waals surface area (Å²) in [6.07, 6.45) is 2.43. The molecule has 2 N–H and O–H groups in total. The van der Waals surface area contributed by atoms with Gasteiger partial charge in [0.15, 0.2) is 0 Å². The van der Waals surface area contributed by atoms with Gasteiger partial charge in [0.25, 0.3) is 11.8 Å². The summed E-state index contributed by atoms with van der Waals surface area (Å²) in [4.78, 5) is 27.3. The lowest BCUT2D eigenvalue weighted by molar-refractivity contribution is 0.0946. The van der Waals surface area contributed by atoms with Crippen molar-refractivity contribution < 1.29 is 9.59 Å². The predicted octanol–water partition coefficient (Wildman–Crippen LogP) is 1.14. The predicted molar refractivity (Wildman–Crippen MR) is 69.4 cm³/mol. The van der Waals surface area contributed by atoms with Gasteiger partial charge in [0, 0.05) is 13.1 Å². The molecule has 0 saturated heterocycles. The van der Waals surface area contributed by atoms with Crippen molar-refractivity contribution in [2.45, 2.75) is 13.3 Å². The van der Waals surface area contributed by atoms with Crippen molar-refractivity contribution in [1.29, 1.82) is 0 Å². The van der Waals surface area contributed by atoms with Crippen molar-refractivity contribution in [3.05, 3.63) is 42.2 Å². The van der Waals surface area contributed by atoms with E-state index in [2.05, 4.69) is 22.2 Å². The maximum absolute atomic E-state index is 11.7. The number of amides is 2. The molecule has 0 aliphatic rings. The number of carbonyl (C=O) groups excluding carboxylic acids is 2. The van der Waals surface area contributed by atoms with Crippen molar-refractivity contribution in [2.75, 3.05) is 13.1 Å². The Kier molecular flexibility index (Phi) is 5.57. The molecule has 0 saturated carbocycles. The zero-order valence-electron chi connectivity index (χ0n) is 10.4. The highest BCUT2D eigenvalue weighted by Gasteiger charge is 2.10. The van der Waals surface area contributed by atoms with Crippen LogP contribution in [0, 0.1) is 0 Å². The SMILES string of the molecule is C=CCNC(=O)c1cccc(C(=O)NCCC)n1. The van der Waals surface area contributed by atoms with E-state index >= 15 is 0 Å². The number of carbonyl (C=O) groups is 2. The first-order valence-electron chi connectivity index (χ1n) is 5.83. The fourth-order valence-electron chi connectivity index (χ4n) is 1.27. The van der Waals surface area contributed by atoms with E-state index in [4.69, 9.17) is 0 Å². The monoisotopic (exact) mass is 247 g/mol. The van der Waals surface area contributed by atoms with Crippen LogP contribution >= 0.6 is 0 Å². The highest BCUT2D eigenvalue weighted by molar-refractivity contribution is 5.96. The Labute approximate surface area is 106 Å². The van der Waals surface area contributed by atoms with Crippen LogP contribution in [0.1, 0.15) is 34.3 Å². The summed E-state index contributed by atoms with van der Waals surface area (Å²) in [6, 6.07) is 4.78. The average molecular weight is 247 g/mol. The lowest BCUT2D eigenvalue weighted by Gasteiger charge is -2.05. The largest absolute Gasteiger partial charge is 0.351 e. The van der Waals surface area contributed by atoms with Crippen molar-refractivity contribution >= 4 is 11.8 Å². The quantitative estimate of drug-likeness (QED) is 0.740. The molecule has 1 aromatic heterocycles. The maximum atomic E-state index is 11.7. The Morgan fingerprint density at radius 1 is 1.28 bits per heavy atom. The maximum Gasteiger partial charge on any atom is 0.270 e. The first-order valence-corrected chi connectivity index (χ1v) is 5.83. The number of hydrogen-bond donors (Lipinski definition) is 2. The third kappa shape index (κ3) is 4.01. The van der Waals surface area contributed by atoms with Gasteiger partial charge in [-0.05, 0) is 18.6 Å². The van der Waals surface area contributed by atoms with E-state index in [0.29, 0.717) is 13.1 Å². The summed E-state index contributed by atoms with van der Waals surface area (Å²) in [6.45, 7) is 6.43. The minimum Gasteiger partial charge on any atom is -0.351 e. The normalized spacial score (nSPS) is 9.61. The van der Waals surface area contributed by atoms with Crippen LogP contribution in [0.2, 0.25) is 0 Å². The van der Waals surface area contributed by atoms with Gasteiger partial charge in [-0.2, -0.15) is 0 Å². The molecule has 0 radical (unpaired) electrons. The first kappa shape index (κ1) is 13.9. The topological polar surface area (TPSA) is 71.1 Å². The van der Waals surface area contributed by atoms with Crippen LogP contribution in [0.4, 0.5) is 0 Å².